The third-order valence-corrected chi connectivity index (χ3v) is 4.40. The van der Waals surface area contributed by atoms with Crippen LogP contribution in [0.2, 0.25) is 0 Å². The quantitative estimate of drug-likeness (QED) is 0.577. The maximum atomic E-state index is 12.3. The Kier molecular flexibility index (Phi) is 3.72. The summed E-state index contributed by atoms with van der Waals surface area (Å²) < 4.78 is 1.34. The van der Waals surface area contributed by atoms with Crippen molar-refractivity contribution in [3.8, 4) is 10.6 Å². The molecule has 6 heteroatoms. The van der Waals surface area contributed by atoms with Gasteiger partial charge in [-0.25, -0.2) is 4.98 Å². The summed E-state index contributed by atoms with van der Waals surface area (Å²) in [6.07, 6.45) is 7.17. The molecule has 24 heavy (non-hydrogen) atoms. The average molecular weight is 332 g/mol. The lowest BCUT2D eigenvalue weighted by molar-refractivity contribution is 0.901. The molecule has 3 aromatic heterocycles. The third-order valence-electron chi connectivity index (χ3n) is 3.44. The van der Waals surface area contributed by atoms with Crippen LogP contribution in [0.3, 0.4) is 0 Å². The van der Waals surface area contributed by atoms with Crippen LogP contribution in [0.1, 0.15) is 11.3 Å². The number of fused-ring (bicyclic) bond motifs is 1. The first kappa shape index (κ1) is 14.5. The van der Waals surface area contributed by atoms with Gasteiger partial charge in [-0.05, 0) is 23.8 Å². The van der Waals surface area contributed by atoms with Gasteiger partial charge in [-0.2, -0.15) is 9.61 Å². The van der Waals surface area contributed by atoms with Crippen molar-refractivity contribution in [1.82, 2.24) is 19.6 Å². The van der Waals surface area contributed by atoms with Crippen LogP contribution in [0, 0.1) is 0 Å². The van der Waals surface area contributed by atoms with Crippen LogP contribution in [-0.4, -0.2) is 19.6 Å². The minimum absolute atomic E-state index is 0.187. The van der Waals surface area contributed by atoms with E-state index in [9.17, 15) is 4.79 Å². The first-order valence-electron chi connectivity index (χ1n) is 7.34. The zero-order valence-electron chi connectivity index (χ0n) is 12.5. The molecule has 116 valence electrons. The first-order valence-corrected chi connectivity index (χ1v) is 8.16. The summed E-state index contributed by atoms with van der Waals surface area (Å²) in [5.74, 6) is 0. The third kappa shape index (κ3) is 2.87. The summed E-state index contributed by atoms with van der Waals surface area (Å²) in [5.41, 5.74) is 2.40. The predicted octanol–water partition coefficient (Wildman–Crippen LogP) is 3.38. The summed E-state index contributed by atoms with van der Waals surface area (Å²) >= 11 is 1.40. The number of aromatic nitrogens is 4. The maximum Gasteiger partial charge on any atom is 0.275 e. The van der Waals surface area contributed by atoms with Gasteiger partial charge < -0.3 is 0 Å². The molecule has 0 saturated carbocycles. The molecule has 0 fully saturated rings. The molecule has 4 aromatic rings. The van der Waals surface area contributed by atoms with Gasteiger partial charge in [0.05, 0.1) is 5.69 Å². The van der Waals surface area contributed by atoms with Gasteiger partial charge in [-0.3, -0.25) is 9.78 Å². The molecule has 0 aliphatic heterocycles. The Balaban J connectivity index is 1.75. The van der Waals surface area contributed by atoms with Crippen molar-refractivity contribution in [2.24, 2.45) is 0 Å². The van der Waals surface area contributed by atoms with E-state index < -0.39 is 0 Å². The van der Waals surface area contributed by atoms with Crippen LogP contribution in [0.4, 0.5) is 0 Å². The maximum absolute atomic E-state index is 12.3. The Labute approximate surface area is 141 Å². The fourth-order valence-electron chi connectivity index (χ4n) is 2.27. The van der Waals surface area contributed by atoms with Gasteiger partial charge in [0.1, 0.15) is 5.01 Å². The second-order valence-electron chi connectivity index (χ2n) is 5.10. The van der Waals surface area contributed by atoms with Crippen LogP contribution in [0.25, 0.3) is 27.7 Å². The minimum Gasteiger partial charge on any atom is -0.267 e. The zero-order chi connectivity index (χ0) is 16.4. The summed E-state index contributed by atoms with van der Waals surface area (Å²) in [4.78, 5) is 21.3. The molecule has 0 radical (unpaired) electrons. The Hall–Kier alpha value is -3.12. The number of nitrogens with zero attached hydrogens (tertiary/aromatic N) is 4. The van der Waals surface area contributed by atoms with Crippen molar-refractivity contribution in [2.45, 2.75) is 0 Å². The first-order chi connectivity index (χ1) is 11.8. The highest BCUT2D eigenvalue weighted by Gasteiger charge is 2.09. The van der Waals surface area contributed by atoms with Gasteiger partial charge in [-0.1, -0.05) is 47.7 Å². The van der Waals surface area contributed by atoms with Crippen LogP contribution >= 0.6 is 11.3 Å². The van der Waals surface area contributed by atoms with Gasteiger partial charge in [0.15, 0.2) is 0 Å². The fraction of sp³-hybridized carbons (Fsp3) is 0. The van der Waals surface area contributed by atoms with Gasteiger partial charge >= 0.3 is 0 Å². The standard InChI is InChI=1S/C18H12N4OS/c23-16-12-15(7-6-13-8-10-19-11-9-13)20-18-22(16)21-17(24-18)14-4-2-1-3-5-14/h1-12H/b7-6+. The molecule has 5 nitrogen and oxygen atoms in total. The van der Waals surface area contributed by atoms with E-state index in [4.69, 9.17) is 0 Å². The molecule has 0 atom stereocenters. The molecule has 0 aliphatic rings. The average Bonchev–Trinajstić information content (AvgIpc) is 3.06. The lowest BCUT2D eigenvalue weighted by Gasteiger charge is -1.94. The van der Waals surface area contributed by atoms with E-state index in [0.29, 0.717) is 10.7 Å². The van der Waals surface area contributed by atoms with Crippen molar-refractivity contribution in [3.05, 3.63) is 82.5 Å². The Morgan fingerprint density at radius 1 is 1.00 bits per heavy atom. The van der Waals surface area contributed by atoms with Gasteiger partial charge in [0.2, 0.25) is 4.96 Å². The zero-order valence-corrected chi connectivity index (χ0v) is 13.4. The summed E-state index contributed by atoms with van der Waals surface area (Å²) in [6, 6.07) is 15.0. The molecule has 3 heterocycles. The van der Waals surface area contributed by atoms with Crippen molar-refractivity contribution in [1.29, 1.82) is 0 Å². The Bertz CT molecular complexity index is 1070. The molecule has 0 bridgehead atoms. The minimum atomic E-state index is -0.187. The highest BCUT2D eigenvalue weighted by atomic mass is 32.1. The van der Waals surface area contributed by atoms with E-state index in [-0.39, 0.29) is 5.56 Å². The number of rotatable bonds is 3. The number of pyridine rings is 1. The monoisotopic (exact) mass is 332 g/mol. The van der Waals surface area contributed by atoms with Crippen LogP contribution in [0.5, 0.6) is 0 Å². The lowest BCUT2D eigenvalue weighted by atomic mass is 10.2. The Morgan fingerprint density at radius 3 is 2.58 bits per heavy atom. The second kappa shape index (κ2) is 6.17. The van der Waals surface area contributed by atoms with Gasteiger partial charge in [0, 0.05) is 24.0 Å². The molecule has 0 spiro atoms. The molecular weight excluding hydrogens is 320 g/mol. The van der Waals surface area contributed by atoms with E-state index in [2.05, 4.69) is 15.1 Å². The smallest absolute Gasteiger partial charge is 0.267 e. The largest absolute Gasteiger partial charge is 0.275 e. The SMILES string of the molecule is O=c1cc(/C=C/c2ccncc2)nc2sc(-c3ccccc3)nn12. The molecule has 1 aromatic carbocycles. The Morgan fingerprint density at radius 2 is 1.79 bits per heavy atom. The molecule has 4 rings (SSSR count). The van der Waals surface area contributed by atoms with Crippen molar-refractivity contribution in [3.63, 3.8) is 0 Å². The van der Waals surface area contributed by atoms with Gasteiger partial charge in [-0.15, -0.1) is 0 Å². The number of benzene rings is 1. The molecular formula is C18H12N4OS. The molecule has 0 saturated heterocycles. The highest BCUT2D eigenvalue weighted by molar-refractivity contribution is 7.19. The number of hydrogen-bond acceptors (Lipinski definition) is 5. The fourth-order valence-corrected chi connectivity index (χ4v) is 3.18. The molecule has 0 unspecified atom stereocenters. The van der Waals surface area contributed by atoms with E-state index >= 15 is 0 Å². The summed E-state index contributed by atoms with van der Waals surface area (Å²) in [5, 5.41) is 5.14. The van der Waals surface area contributed by atoms with E-state index in [1.54, 1.807) is 12.4 Å². The normalized spacial score (nSPS) is 11.3. The van der Waals surface area contributed by atoms with Crippen molar-refractivity contribution < 1.29 is 0 Å². The predicted molar refractivity (Wildman–Crippen MR) is 95.7 cm³/mol. The number of hydrogen-bond donors (Lipinski definition) is 0. The second-order valence-corrected chi connectivity index (χ2v) is 6.06. The lowest BCUT2D eigenvalue weighted by Crippen LogP contribution is -2.14. The van der Waals surface area contributed by atoms with Crippen molar-refractivity contribution >= 4 is 28.4 Å². The van der Waals surface area contributed by atoms with Crippen LogP contribution in [-0.2, 0) is 0 Å². The van der Waals surface area contributed by atoms with Crippen LogP contribution < -0.4 is 5.56 Å². The molecule has 0 N–H and O–H groups in total. The highest BCUT2D eigenvalue weighted by Crippen LogP contribution is 2.23. The van der Waals surface area contributed by atoms with Crippen molar-refractivity contribution in [2.75, 3.05) is 0 Å². The summed E-state index contributed by atoms with van der Waals surface area (Å²) in [6.45, 7) is 0. The van der Waals surface area contributed by atoms with E-state index in [1.165, 1.54) is 21.9 Å². The molecule has 0 amide bonds. The van der Waals surface area contributed by atoms with Gasteiger partial charge in [0.25, 0.3) is 5.56 Å². The molecule has 0 aliphatic carbocycles. The van der Waals surface area contributed by atoms with E-state index in [1.807, 2.05) is 54.6 Å². The topological polar surface area (TPSA) is 60.2 Å². The van der Waals surface area contributed by atoms with Crippen LogP contribution in [0.15, 0.2) is 65.7 Å². The summed E-state index contributed by atoms with van der Waals surface area (Å²) in [7, 11) is 0. The van der Waals surface area contributed by atoms with E-state index in [0.717, 1.165) is 16.1 Å².